The summed E-state index contributed by atoms with van der Waals surface area (Å²) in [6.45, 7) is 3.87. The molecule has 5 heteroatoms. The van der Waals surface area contributed by atoms with E-state index in [2.05, 4.69) is 16.7 Å². The Morgan fingerprint density at radius 3 is 2.64 bits per heavy atom. The highest BCUT2D eigenvalue weighted by Gasteiger charge is 2.22. The molecule has 1 heterocycles. The van der Waals surface area contributed by atoms with E-state index in [1.807, 2.05) is 38.1 Å². The van der Waals surface area contributed by atoms with Crippen LogP contribution in [0.1, 0.15) is 47.8 Å². The topological polar surface area (TPSA) is 64.9 Å². The monoisotopic (exact) mass is 353 g/mol. The third-order valence-electron chi connectivity index (χ3n) is 4.60. The first kappa shape index (κ1) is 17.5. The zero-order valence-electron chi connectivity index (χ0n) is 14.7. The van der Waals surface area contributed by atoms with Gasteiger partial charge in [-0.2, -0.15) is 5.26 Å². The van der Waals surface area contributed by atoms with Crippen LogP contribution in [0.3, 0.4) is 0 Å². The quantitative estimate of drug-likeness (QED) is 0.787. The minimum atomic E-state index is -0.379. The van der Waals surface area contributed by atoms with Gasteiger partial charge in [-0.1, -0.05) is 24.1 Å². The molecule has 1 amide bonds. The van der Waals surface area contributed by atoms with E-state index in [0.717, 1.165) is 36.9 Å². The first-order valence-corrected chi connectivity index (χ1v) is 9.59. The summed E-state index contributed by atoms with van der Waals surface area (Å²) in [5.41, 5.74) is 3.91. The summed E-state index contributed by atoms with van der Waals surface area (Å²) in [5, 5.41) is 16.4. The highest BCUT2D eigenvalue weighted by Crippen LogP contribution is 2.37. The van der Waals surface area contributed by atoms with Crippen molar-refractivity contribution in [2.75, 3.05) is 10.6 Å². The SMILES string of the molecule is Cc1ccc(NC(C)C(=O)Nc2sc3c(c2C#N)CCCCC3)cc1. The summed E-state index contributed by atoms with van der Waals surface area (Å²) in [6.07, 6.45) is 5.46. The van der Waals surface area contributed by atoms with Crippen molar-refractivity contribution in [2.24, 2.45) is 0 Å². The third kappa shape index (κ3) is 4.02. The Morgan fingerprint density at radius 2 is 1.92 bits per heavy atom. The number of fused-ring (bicyclic) bond motifs is 1. The van der Waals surface area contributed by atoms with Gasteiger partial charge in [-0.3, -0.25) is 4.79 Å². The van der Waals surface area contributed by atoms with Gasteiger partial charge in [0.25, 0.3) is 0 Å². The summed E-state index contributed by atoms with van der Waals surface area (Å²) < 4.78 is 0. The maximum Gasteiger partial charge on any atom is 0.247 e. The molecule has 2 N–H and O–H groups in total. The highest BCUT2D eigenvalue weighted by atomic mass is 32.1. The van der Waals surface area contributed by atoms with Crippen molar-refractivity contribution in [3.8, 4) is 6.07 Å². The molecule has 130 valence electrons. The maximum atomic E-state index is 12.6. The average Bonchev–Trinajstić information content (AvgIpc) is 2.76. The molecule has 0 saturated carbocycles. The van der Waals surface area contributed by atoms with E-state index in [-0.39, 0.29) is 11.9 Å². The van der Waals surface area contributed by atoms with Gasteiger partial charge < -0.3 is 10.6 Å². The van der Waals surface area contributed by atoms with E-state index >= 15 is 0 Å². The van der Waals surface area contributed by atoms with Crippen molar-refractivity contribution in [1.82, 2.24) is 0 Å². The number of nitriles is 1. The first-order valence-electron chi connectivity index (χ1n) is 8.77. The molecule has 3 rings (SSSR count). The predicted molar refractivity (Wildman–Crippen MR) is 103 cm³/mol. The van der Waals surface area contributed by atoms with E-state index in [1.165, 1.54) is 16.9 Å². The molecule has 0 radical (unpaired) electrons. The van der Waals surface area contributed by atoms with Gasteiger partial charge >= 0.3 is 0 Å². The summed E-state index contributed by atoms with van der Waals surface area (Å²) in [6, 6.07) is 9.88. The minimum Gasteiger partial charge on any atom is -0.374 e. The van der Waals surface area contributed by atoms with Crippen molar-refractivity contribution >= 4 is 27.9 Å². The fraction of sp³-hybridized carbons (Fsp3) is 0.400. The summed E-state index contributed by atoms with van der Waals surface area (Å²) in [5.74, 6) is -0.117. The number of benzene rings is 1. The molecule has 25 heavy (non-hydrogen) atoms. The fourth-order valence-corrected chi connectivity index (χ4v) is 4.38. The molecule has 1 atom stereocenters. The summed E-state index contributed by atoms with van der Waals surface area (Å²) in [4.78, 5) is 13.8. The molecule has 0 saturated heterocycles. The molecule has 1 aromatic carbocycles. The van der Waals surface area contributed by atoms with E-state index in [0.29, 0.717) is 10.6 Å². The Labute approximate surface area is 152 Å². The van der Waals surface area contributed by atoms with Gasteiger partial charge in [0.2, 0.25) is 5.91 Å². The molecule has 0 spiro atoms. The van der Waals surface area contributed by atoms with Crippen molar-refractivity contribution in [2.45, 2.75) is 52.0 Å². The number of hydrogen-bond donors (Lipinski definition) is 2. The molecule has 2 aromatic rings. The molecule has 0 fully saturated rings. The number of carbonyl (C=O) groups is 1. The van der Waals surface area contributed by atoms with Crippen LogP contribution in [-0.2, 0) is 17.6 Å². The number of amides is 1. The molecular formula is C20H23N3OS. The zero-order valence-corrected chi connectivity index (χ0v) is 15.5. The molecule has 1 unspecified atom stereocenters. The van der Waals surface area contributed by atoms with E-state index < -0.39 is 0 Å². The van der Waals surface area contributed by atoms with Crippen LogP contribution in [0.15, 0.2) is 24.3 Å². The van der Waals surface area contributed by atoms with Crippen LogP contribution >= 0.6 is 11.3 Å². The number of hydrogen-bond acceptors (Lipinski definition) is 4. The van der Waals surface area contributed by atoms with Gasteiger partial charge in [0.1, 0.15) is 17.1 Å². The van der Waals surface area contributed by atoms with Gasteiger partial charge in [0.05, 0.1) is 5.56 Å². The number of carbonyl (C=O) groups excluding carboxylic acids is 1. The second-order valence-corrected chi connectivity index (χ2v) is 7.71. The van der Waals surface area contributed by atoms with Crippen LogP contribution in [0.5, 0.6) is 0 Å². The van der Waals surface area contributed by atoms with Crippen molar-refractivity contribution in [3.05, 3.63) is 45.8 Å². The highest BCUT2D eigenvalue weighted by molar-refractivity contribution is 7.16. The minimum absolute atomic E-state index is 0.117. The van der Waals surface area contributed by atoms with Crippen molar-refractivity contribution < 1.29 is 4.79 Å². The lowest BCUT2D eigenvalue weighted by molar-refractivity contribution is -0.116. The molecule has 4 nitrogen and oxygen atoms in total. The number of aryl methyl sites for hydroxylation is 2. The van der Waals surface area contributed by atoms with Gasteiger partial charge in [-0.25, -0.2) is 0 Å². The van der Waals surface area contributed by atoms with E-state index in [1.54, 1.807) is 11.3 Å². The molecule has 0 aliphatic heterocycles. The molecule has 0 bridgehead atoms. The van der Waals surface area contributed by atoms with Crippen LogP contribution in [-0.4, -0.2) is 11.9 Å². The Kier molecular flexibility index (Phi) is 5.40. The van der Waals surface area contributed by atoms with Crippen LogP contribution in [0.25, 0.3) is 0 Å². The summed E-state index contributed by atoms with van der Waals surface area (Å²) in [7, 11) is 0. The first-order chi connectivity index (χ1) is 12.1. The zero-order chi connectivity index (χ0) is 17.8. The lowest BCUT2D eigenvalue weighted by Gasteiger charge is -2.15. The van der Waals surface area contributed by atoms with Gasteiger partial charge in [-0.05, 0) is 57.2 Å². The van der Waals surface area contributed by atoms with Crippen molar-refractivity contribution in [1.29, 1.82) is 5.26 Å². The second-order valence-electron chi connectivity index (χ2n) is 6.60. The molecule has 1 aliphatic carbocycles. The third-order valence-corrected chi connectivity index (χ3v) is 5.81. The van der Waals surface area contributed by atoms with Crippen LogP contribution < -0.4 is 10.6 Å². The Bertz CT molecular complexity index is 802. The van der Waals surface area contributed by atoms with Gasteiger partial charge in [0, 0.05) is 10.6 Å². The lowest BCUT2D eigenvalue weighted by atomic mass is 10.1. The predicted octanol–water partition coefficient (Wildman–Crippen LogP) is 4.64. The average molecular weight is 353 g/mol. The standard InChI is InChI=1S/C20H23N3OS/c1-13-8-10-15(11-9-13)22-14(2)19(24)23-20-17(12-21)16-6-4-3-5-7-18(16)25-20/h8-11,14,22H,3-7H2,1-2H3,(H,23,24). The number of anilines is 2. The van der Waals surface area contributed by atoms with Crippen molar-refractivity contribution in [3.63, 3.8) is 0 Å². The van der Waals surface area contributed by atoms with E-state index in [4.69, 9.17) is 0 Å². The number of nitrogens with zero attached hydrogens (tertiary/aromatic N) is 1. The van der Waals surface area contributed by atoms with Gasteiger partial charge in [-0.15, -0.1) is 11.3 Å². The maximum absolute atomic E-state index is 12.6. The summed E-state index contributed by atoms with van der Waals surface area (Å²) >= 11 is 1.57. The molecule has 1 aliphatic rings. The second kappa shape index (κ2) is 7.71. The molecule has 1 aromatic heterocycles. The number of thiophene rings is 1. The molecular weight excluding hydrogens is 330 g/mol. The van der Waals surface area contributed by atoms with E-state index in [9.17, 15) is 10.1 Å². The number of nitrogens with one attached hydrogen (secondary N) is 2. The van der Waals surface area contributed by atoms with Crippen LogP contribution in [0, 0.1) is 18.3 Å². The normalized spacial score (nSPS) is 14.8. The fourth-order valence-electron chi connectivity index (χ4n) is 3.13. The van der Waals surface area contributed by atoms with Crippen LogP contribution in [0.2, 0.25) is 0 Å². The Balaban J connectivity index is 1.72. The number of rotatable bonds is 4. The largest absolute Gasteiger partial charge is 0.374 e. The Morgan fingerprint density at radius 1 is 1.20 bits per heavy atom. The smallest absolute Gasteiger partial charge is 0.247 e. The Hall–Kier alpha value is -2.32. The lowest BCUT2D eigenvalue weighted by Crippen LogP contribution is -2.31. The van der Waals surface area contributed by atoms with Gasteiger partial charge in [0.15, 0.2) is 0 Å². The van der Waals surface area contributed by atoms with Crippen LogP contribution in [0.4, 0.5) is 10.7 Å².